The average Bonchev–Trinajstić information content (AvgIpc) is 2.32. The summed E-state index contributed by atoms with van der Waals surface area (Å²) >= 11 is 0. The fraction of sp³-hybridized carbons (Fsp3) is 0.571. The summed E-state index contributed by atoms with van der Waals surface area (Å²) in [6.07, 6.45) is 4.54. The molecule has 0 aromatic heterocycles. The minimum absolute atomic E-state index is 0.265. The summed E-state index contributed by atoms with van der Waals surface area (Å²) in [6, 6.07) is 7.95. The predicted octanol–water partition coefficient (Wildman–Crippen LogP) is 2.13. The van der Waals surface area contributed by atoms with Crippen molar-refractivity contribution in [2.45, 2.75) is 38.3 Å². The van der Waals surface area contributed by atoms with E-state index in [-0.39, 0.29) is 6.61 Å². The van der Waals surface area contributed by atoms with Gasteiger partial charge in [0.15, 0.2) is 0 Å². The first-order chi connectivity index (χ1) is 8.29. The van der Waals surface area contributed by atoms with Gasteiger partial charge in [-0.2, -0.15) is 0 Å². The largest absolute Gasteiger partial charge is 0.508 e. The molecule has 1 saturated heterocycles. The van der Waals surface area contributed by atoms with Gasteiger partial charge < -0.3 is 10.2 Å². The Morgan fingerprint density at radius 2 is 2.18 bits per heavy atom. The number of phenolic OH excluding ortho intramolecular Hbond substituents is 1. The van der Waals surface area contributed by atoms with Crippen LogP contribution in [-0.4, -0.2) is 34.3 Å². The predicted molar refractivity (Wildman–Crippen MR) is 67.9 cm³/mol. The quantitative estimate of drug-likeness (QED) is 0.840. The molecule has 0 aliphatic carbocycles. The summed E-state index contributed by atoms with van der Waals surface area (Å²) in [5.41, 5.74) is 1.15. The highest BCUT2D eigenvalue weighted by Crippen LogP contribution is 2.22. The molecule has 1 aliphatic rings. The minimum Gasteiger partial charge on any atom is -0.508 e. The molecule has 3 nitrogen and oxygen atoms in total. The molecule has 1 unspecified atom stereocenters. The lowest BCUT2D eigenvalue weighted by Gasteiger charge is -2.35. The molecule has 17 heavy (non-hydrogen) atoms. The molecule has 1 aromatic carbocycles. The maximum atomic E-state index is 9.45. The normalized spacial score (nSPS) is 21.6. The highest BCUT2D eigenvalue weighted by Gasteiger charge is 2.21. The van der Waals surface area contributed by atoms with Crippen LogP contribution in [0.3, 0.4) is 0 Å². The summed E-state index contributed by atoms with van der Waals surface area (Å²) in [5, 5.41) is 18.5. The van der Waals surface area contributed by atoms with Crippen LogP contribution in [0.2, 0.25) is 0 Å². The Balaban J connectivity index is 2.00. The van der Waals surface area contributed by atoms with Gasteiger partial charge in [-0.3, -0.25) is 4.90 Å². The van der Waals surface area contributed by atoms with Crippen molar-refractivity contribution in [3.63, 3.8) is 0 Å². The SMILES string of the molecule is OCCC1CCCCN1Cc1cccc(O)c1. The Morgan fingerprint density at radius 3 is 2.94 bits per heavy atom. The number of hydrogen-bond donors (Lipinski definition) is 2. The van der Waals surface area contributed by atoms with E-state index in [0.717, 1.165) is 25.1 Å². The van der Waals surface area contributed by atoms with Crippen molar-refractivity contribution < 1.29 is 10.2 Å². The third-order valence-electron chi connectivity index (χ3n) is 3.51. The van der Waals surface area contributed by atoms with Gasteiger partial charge >= 0.3 is 0 Å². The number of piperidine rings is 1. The first-order valence-corrected chi connectivity index (χ1v) is 6.42. The van der Waals surface area contributed by atoms with Crippen molar-refractivity contribution >= 4 is 0 Å². The molecule has 3 heteroatoms. The van der Waals surface area contributed by atoms with E-state index in [1.807, 2.05) is 18.2 Å². The molecule has 0 spiro atoms. The van der Waals surface area contributed by atoms with E-state index in [1.165, 1.54) is 19.3 Å². The third-order valence-corrected chi connectivity index (χ3v) is 3.51. The van der Waals surface area contributed by atoms with Crippen LogP contribution in [0.5, 0.6) is 5.75 Å². The van der Waals surface area contributed by atoms with Crippen molar-refractivity contribution in [3.8, 4) is 5.75 Å². The molecule has 1 aromatic rings. The maximum absolute atomic E-state index is 9.45. The van der Waals surface area contributed by atoms with Gasteiger partial charge in [0.05, 0.1) is 0 Å². The molecule has 1 heterocycles. The van der Waals surface area contributed by atoms with E-state index in [1.54, 1.807) is 6.07 Å². The van der Waals surface area contributed by atoms with Crippen LogP contribution in [0, 0.1) is 0 Å². The summed E-state index contributed by atoms with van der Waals surface area (Å²) in [7, 11) is 0. The Bertz CT molecular complexity index is 352. The summed E-state index contributed by atoms with van der Waals surface area (Å²) in [5.74, 6) is 0.332. The molecule has 1 aliphatic heterocycles. The van der Waals surface area contributed by atoms with E-state index in [9.17, 15) is 5.11 Å². The zero-order valence-corrected chi connectivity index (χ0v) is 10.2. The molecule has 2 N–H and O–H groups in total. The molecule has 2 rings (SSSR count). The van der Waals surface area contributed by atoms with Gasteiger partial charge in [0.1, 0.15) is 5.75 Å². The van der Waals surface area contributed by atoms with Crippen LogP contribution in [0.25, 0.3) is 0 Å². The lowest BCUT2D eigenvalue weighted by Crippen LogP contribution is -2.39. The molecular formula is C14H21NO2. The Kier molecular flexibility index (Phi) is 4.40. The van der Waals surface area contributed by atoms with Crippen LogP contribution < -0.4 is 0 Å². The number of nitrogens with zero attached hydrogens (tertiary/aromatic N) is 1. The third kappa shape index (κ3) is 3.45. The molecule has 1 atom stereocenters. The second kappa shape index (κ2) is 6.03. The molecule has 0 bridgehead atoms. The molecule has 94 valence electrons. The maximum Gasteiger partial charge on any atom is 0.115 e. The van der Waals surface area contributed by atoms with E-state index < -0.39 is 0 Å². The first kappa shape index (κ1) is 12.4. The molecule has 0 amide bonds. The number of aliphatic hydroxyl groups is 1. The summed E-state index contributed by atoms with van der Waals surface area (Å²) in [4.78, 5) is 2.43. The standard InChI is InChI=1S/C14H21NO2/c16-9-7-13-5-1-2-8-15(13)11-12-4-3-6-14(17)10-12/h3-4,6,10,13,16-17H,1-2,5,7-9,11H2. The van der Waals surface area contributed by atoms with Gasteiger partial charge in [-0.1, -0.05) is 18.6 Å². The second-order valence-corrected chi connectivity index (χ2v) is 4.80. The first-order valence-electron chi connectivity index (χ1n) is 6.42. The number of benzene rings is 1. The zero-order chi connectivity index (χ0) is 12.1. The average molecular weight is 235 g/mol. The highest BCUT2D eigenvalue weighted by molar-refractivity contribution is 5.27. The molecule has 0 radical (unpaired) electrons. The van der Waals surface area contributed by atoms with Crippen molar-refractivity contribution in [2.24, 2.45) is 0 Å². The minimum atomic E-state index is 0.265. The van der Waals surface area contributed by atoms with Gasteiger partial charge in [0.2, 0.25) is 0 Å². The molecule has 0 saturated carbocycles. The summed E-state index contributed by atoms with van der Waals surface area (Å²) in [6.45, 7) is 2.24. The van der Waals surface area contributed by atoms with Crippen molar-refractivity contribution in [1.29, 1.82) is 0 Å². The lowest BCUT2D eigenvalue weighted by atomic mass is 9.99. The number of phenols is 1. The van der Waals surface area contributed by atoms with E-state index in [4.69, 9.17) is 5.11 Å². The number of aromatic hydroxyl groups is 1. The van der Waals surface area contributed by atoms with Gasteiger partial charge in [-0.15, -0.1) is 0 Å². The van der Waals surface area contributed by atoms with Crippen LogP contribution >= 0.6 is 0 Å². The fourth-order valence-electron chi connectivity index (χ4n) is 2.63. The van der Waals surface area contributed by atoms with Crippen LogP contribution in [-0.2, 0) is 6.54 Å². The highest BCUT2D eigenvalue weighted by atomic mass is 16.3. The van der Waals surface area contributed by atoms with Crippen molar-refractivity contribution in [3.05, 3.63) is 29.8 Å². The van der Waals surface area contributed by atoms with Crippen LogP contribution in [0.15, 0.2) is 24.3 Å². The number of aliphatic hydroxyl groups excluding tert-OH is 1. The van der Waals surface area contributed by atoms with Crippen molar-refractivity contribution in [2.75, 3.05) is 13.2 Å². The van der Waals surface area contributed by atoms with Gasteiger partial charge in [-0.05, 0) is 43.5 Å². The monoisotopic (exact) mass is 235 g/mol. The van der Waals surface area contributed by atoms with Gasteiger partial charge in [0.25, 0.3) is 0 Å². The topological polar surface area (TPSA) is 43.7 Å². The summed E-state index contributed by atoms with van der Waals surface area (Å²) < 4.78 is 0. The van der Waals surface area contributed by atoms with E-state index in [0.29, 0.717) is 11.8 Å². The van der Waals surface area contributed by atoms with Gasteiger partial charge in [0, 0.05) is 19.2 Å². The van der Waals surface area contributed by atoms with Gasteiger partial charge in [-0.25, -0.2) is 0 Å². The second-order valence-electron chi connectivity index (χ2n) is 4.80. The van der Waals surface area contributed by atoms with Crippen LogP contribution in [0.4, 0.5) is 0 Å². The van der Waals surface area contributed by atoms with Crippen molar-refractivity contribution in [1.82, 2.24) is 4.90 Å². The number of rotatable bonds is 4. The fourth-order valence-corrected chi connectivity index (χ4v) is 2.63. The molecule has 1 fully saturated rings. The van der Waals surface area contributed by atoms with E-state index in [2.05, 4.69) is 4.90 Å². The Labute approximate surface area is 103 Å². The Morgan fingerprint density at radius 1 is 1.29 bits per heavy atom. The lowest BCUT2D eigenvalue weighted by molar-refractivity contribution is 0.112. The smallest absolute Gasteiger partial charge is 0.115 e. The zero-order valence-electron chi connectivity index (χ0n) is 10.2. The Hall–Kier alpha value is -1.06. The van der Waals surface area contributed by atoms with E-state index >= 15 is 0 Å². The number of hydrogen-bond acceptors (Lipinski definition) is 3. The van der Waals surface area contributed by atoms with Crippen LogP contribution in [0.1, 0.15) is 31.2 Å². The number of likely N-dealkylation sites (tertiary alicyclic amines) is 1. The molecular weight excluding hydrogens is 214 g/mol.